The molecule has 1 aromatic carbocycles. The standard InChI is InChI=1S/C12H12N4O5S/c1-7-5-8(16(19)20)3-4-9(7)13-10(17)6-22-11-12(18)21-14-15(11)2/h3-5H,6H2,1-2H3,(H-,13,14,17,18)/p+1. The number of nitro benzene ring substituents is 1. The third-order valence-electron chi connectivity index (χ3n) is 2.79. The van der Waals surface area contributed by atoms with Crippen LogP contribution in [0.4, 0.5) is 11.4 Å². The predicted molar refractivity (Wildman–Crippen MR) is 77.7 cm³/mol. The fourth-order valence-corrected chi connectivity index (χ4v) is 2.44. The predicted octanol–water partition coefficient (Wildman–Crippen LogP) is 0.740. The lowest BCUT2D eigenvalue weighted by atomic mass is 10.2. The maximum atomic E-state index is 11.9. The molecule has 1 amide bonds. The van der Waals surface area contributed by atoms with E-state index in [0.29, 0.717) is 11.3 Å². The molecule has 10 heteroatoms. The third-order valence-corrected chi connectivity index (χ3v) is 3.91. The number of hydrogen-bond acceptors (Lipinski definition) is 6. The molecule has 0 fully saturated rings. The van der Waals surface area contributed by atoms with E-state index >= 15 is 0 Å². The minimum atomic E-state index is -0.549. The van der Waals surface area contributed by atoms with E-state index < -0.39 is 10.5 Å². The number of nitro groups is 1. The number of thioether (sulfide) groups is 1. The highest BCUT2D eigenvalue weighted by Crippen LogP contribution is 2.21. The Morgan fingerprint density at radius 3 is 2.82 bits per heavy atom. The van der Waals surface area contributed by atoms with E-state index in [1.165, 1.54) is 22.9 Å². The Balaban J connectivity index is 2.01. The van der Waals surface area contributed by atoms with Crippen LogP contribution in [0.15, 0.2) is 32.5 Å². The first-order valence-electron chi connectivity index (χ1n) is 6.13. The molecule has 0 aliphatic rings. The zero-order valence-corrected chi connectivity index (χ0v) is 12.6. The fraction of sp³-hybridized carbons (Fsp3) is 0.250. The normalized spacial score (nSPS) is 10.5. The van der Waals surface area contributed by atoms with E-state index in [4.69, 9.17) is 0 Å². The first kappa shape index (κ1) is 15.8. The fourth-order valence-electron chi connectivity index (χ4n) is 1.71. The van der Waals surface area contributed by atoms with Crippen LogP contribution in [0, 0.1) is 17.0 Å². The molecule has 0 atom stereocenters. The lowest BCUT2D eigenvalue weighted by Gasteiger charge is -2.07. The number of nitrogens with one attached hydrogen (secondary N) is 2. The summed E-state index contributed by atoms with van der Waals surface area (Å²) in [7, 11) is 1.59. The summed E-state index contributed by atoms with van der Waals surface area (Å²) >= 11 is 1.03. The quantitative estimate of drug-likeness (QED) is 0.362. The average molecular weight is 325 g/mol. The van der Waals surface area contributed by atoms with Gasteiger partial charge in [-0.1, -0.05) is 4.68 Å². The van der Waals surface area contributed by atoms with E-state index in [-0.39, 0.29) is 22.4 Å². The van der Waals surface area contributed by atoms with Gasteiger partial charge in [-0.25, -0.2) is 4.79 Å². The topological polar surface area (TPSA) is 122 Å². The van der Waals surface area contributed by atoms with Crippen LogP contribution in [0.5, 0.6) is 0 Å². The summed E-state index contributed by atoms with van der Waals surface area (Å²) in [6.45, 7) is 1.66. The molecule has 0 saturated heterocycles. The van der Waals surface area contributed by atoms with Crippen LogP contribution in [0.1, 0.15) is 5.56 Å². The summed E-state index contributed by atoms with van der Waals surface area (Å²) < 4.78 is 5.94. The number of aromatic nitrogens is 2. The second-order valence-corrected chi connectivity index (χ2v) is 5.40. The van der Waals surface area contributed by atoms with Crippen LogP contribution in [0.3, 0.4) is 0 Å². The molecule has 2 N–H and O–H groups in total. The number of anilines is 1. The summed E-state index contributed by atoms with van der Waals surface area (Å²) in [5, 5.41) is 15.9. The molecule has 1 heterocycles. The van der Waals surface area contributed by atoms with E-state index in [1.807, 2.05) is 0 Å². The molecule has 1 aromatic heterocycles. The number of amides is 1. The molecule has 0 spiro atoms. The molecule has 2 aromatic rings. The minimum Gasteiger partial charge on any atom is -0.325 e. The van der Waals surface area contributed by atoms with Gasteiger partial charge < -0.3 is 5.32 Å². The zero-order valence-electron chi connectivity index (χ0n) is 11.8. The van der Waals surface area contributed by atoms with Gasteiger partial charge in [-0.2, -0.15) is 0 Å². The van der Waals surface area contributed by atoms with Gasteiger partial charge in [-0.15, -0.1) is 0 Å². The zero-order chi connectivity index (χ0) is 16.3. The second kappa shape index (κ2) is 6.43. The van der Waals surface area contributed by atoms with Crippen LogP contribution in [0.25, 0.3) is 0 Å². The van der Waals surface area contributed by atoms with Crippen molar-refractivity contribution in [3.63, 3.8) is 0 Å². The third kappa shape index (κ3) is 3.52. The summed E-state index contributed by atoms with van der Waals surface area (Å²) in [6.07, 6.45) is 0. The molecular weight excluding hydrogens is 312 g/mol. The second-order valence-electron chi connectivity index (χ2n) is 4.44. The van der Waals surface area contributed by atoms with Gasteiger partial charge in [0.15, 0.2) is 7.05 Å². The van der Waals surface area contributed by atoms with Gasteiger partial charge in [-0.05, 0) is 35.6 Å². The van der Waals surface area contributed by atoms with Crippen molar-refractivity contribution in [2.45, 2.75) is 11.9 Å². The van der Waals surface area contributed by atoms with Crippen molar-refractivity contribution in [2.75, 3.05) is 11.1 Å². The van der Waals surface area contributed by atoms with Crippen LogP contribution >= 0.6 is 11.8 Å². The van der Waals surface area contributed by atoms with Crippen molar-refractivity contribution in [1.82, 2.24) is 5.27 Å². The maximum absolute atomic E-state index is 11.9. The van der Waals surface area contributed by atoms with Crippen LogP contribution in [0.2, 0.25) is 0 Å². The molecule has 22 heavy (non-hydrogen) atoms. The van der Waals surface area contributed by atoms with Crippen LogP contribution in [-0.4, -0.2) is 21.9 Å². The minimum absolute atomic E-state index is 0.00683. The maximum Gasteiger partial charge on any atom is 0.441 e. The lowest BCUT2D eigenvalue weighted by Crippen LogP contribution is -2.34. The number of aryl methyl sites for hydroxylation is 2. The van der Waals surface area contributed by atoms with Crippen LogP contribution < -0.4 is 15.6 Å². The van der Waals surface area contributed by atoms with Crippen molar-refractivity contribution in [3.8, 4) is 0 Å². The number of carbonyl (C=O) groups excluding carboxylic acids is 1. The number of hydrogen-bond donors (Lipinski definition) is 2. The Bertz CT molecular complexity index is 782. The van der Waals surface area contributed by atoms with Crippen molar-refractivity contribution >= 4 is 29.0 Å². The number of nitrogens with zero attached hydrogens (tertiary/aromatic N) is 2. The van der Waals surface area contributed by atoms with Gasteiger partial charge in [0, 0.05) is 17.8 Å². The van der Waals surface area contributed by atoms with Crippen molar-refractivity contribution in [3.05, 3.63) is 44.3 Å². The molecular formula is C12H13N4O5S+. The van der Waals surface area contributed by atoms with E-state index in [1.54, 1.807) is 14.0 Å². The van der Waals surface area contributed by atoms with Gasteiger partial charge in [-0.3, -0.25) is 19.4 Å². The van der Waals surface area contributed by atoms with Gasteiger partial charge in [0.1, 0.15) is 0 Å². The van der Waals surface area contributed by atoms with Gasteiger partial charge in [0.05, 0.1) is 10.7 Å². The molecule has 0 aliphatic heterocycles. The van der Waals surface area contributed by atoms with Gasteiger partial charge >= 0.3 is 10.7 Å². The molecule has 116 valence electrons. The van der Waals surface area contributed by atoms with E-state index in [9.17, 15) is 19.7 Å². The molecule has 9 nitrogen and oxygen atoms in total. The summed E-state index contributed by atoms with van der Waals surface area (Å²) in [6, 6.07) is 4.17. The average Bonchev–Trinajstić information content (AvgIpc) is 2.78. The number of non-ortho nitro benzene ring substituents is 1. The van der Waals surface area contributed by atoms with Crippen molar-refractivity contribution in [1.29, 1.82) is 0 Å². The largest absolute Gasteiger partial charge is 0.441 e. The van der Waals surface area contributed by atoms with Gasteiger partial charge in [0.25, 0.3) is 5.69 Å². The number of benzene rings is 1. The summed E-state index contributed by atoms with van der Waals surface area (Å²) in [5.41, 5.74) is 0.481. The van der Waals surface area contributed by atoms with Crippen molar-refractivity contribution < 1.29 is 18.9 Å². The summed E-state index contributed by atoms with van der Waals surface area (Å²) in [4.78, 5) is 33.4. The first-order valence-corrected chi connectivity index (χ1v) is 7.12. The lowest BCUT2D eigenvalue weighted by molar-refractivity contribution is -0.772. The monoisotopic (exact) mass is 325 g/mol. The van der Waals surface area contributed by atoms with Crippen LogP contribution in [-0.2, 0) is 11.8 Å². The highest BCUT2D eigenvalue weighted by Gasteiger charge is 2.19. The Labute approximate surface area is 128 Å². The molecule has 0 radical (unpaired) electrons. The number of carbonyl (C=O) groups is 1. The molecule has 0 unspecified atom stereocenters. The highest BCUT2D eigenvalue weighted by molar-refractivity contribution is 7.99. The number of aromatic amines is 1. The molecule has 2 rings (SSSR count). The number of rotatable bonds is 5. The van der Waals surface area contributed by atoms with E-state index in [2.05, 4.69) is 15.1 Å². The Morgan fingerprint density at radius 1 is 1.55 bits per heavy atom. The highest BCUT2D eigenvalue weighted by atomic mass is 32.2. The Morgan fingerprint density at radius 2 is 2.27 bits per heavy atom. The van der Waals surface area contributed by atoms with Crippen molar-refractivity contribution in [2.24, 2.45) is 7.05 Å². The van der Waals surface area contributed by atoms with Gasteiger partial charge in [0.2, 0.25) is 5.91 Å². The SMILES string of the molecule is Cc1cc([N+](=O)[O-])ccc1NC(=O)CSc1c(=O)o[nH][n+]1C. The molecule has 0 bridgehead atoms. The summed E-state index contributed by atoms with van der Waals surface area (Å²) in [5.74, 6) is -0.324. The smallest absolute Gasteiger partial charge is 0.325 e. The first-order chi connectivity index (χ1) is 10.4. The Kier molecular flexibility index (Phi) is 4.61. The molecule has 0 aliphatic carbocycles. The van der Waals surface area contributed by atoms with E-state index in [0.717, 1.165) is 11.8 Å². The Hall–Kier alpha value is -2.62. The number of H-pyrrole nitrogens is 1. The molecule has 0 saturated carbocycles.